The van der Waals surface area contributed by atoms with Gasteiger partial charge in [0, 0.05) is 49.5 Å². The van der Waals surface area contributed by atoms with Gasteiger partial charge in [0.05, 0.1) is 27.7 Å². The molecule has 0 saturated carbocycles. The molecule has 2 amide bonds. The highest BCUT2D eigenvalue weighted by Gasteiger charge is 2.46. The molecule has 3 N–H and O–H groups in total. The molecule has 0 unspecified atom stereocenters. The molecule has 0 spiro atoms. The Balaban J connectivity index is 1.33. The van der Waals surface area contributed by atoms with E-state index in [1.807, 2.05) is 39.8 Å². The predicted molar refractivity (Wildman–Crippen MR) is 183 cm³/mol. The van der Waals surface area contributed by atoms with Crippen LogP contribution in [0.5, 0.6) is 0 Å². The Morgan fingerprint density at radius 3 is 2.27 bits per heavy atom. The van der Waals surface area contributed by atoms with Crippen LogP contribution in [-0.4, -0.2) is 68.1 Å². The maximum absolute atomic E-state index is 14.4. The lowest BCUT2D eigenvalue weighted by Crippen LogP contribution is -2.48. The number of fused-ring (bicyclic) bond motifs is 2. The molecule has 4 aromatic rings. The molecule has 0 bridgehead atoms. The van der Waals surface area contributed by atoms with Crippen molar-refractivity contribution in [1.29, 1.82) is 0 Å². The molecule has 0 saturated heterocycles. The summed E-state index contributed by atoms with van der Waals surface area (Å²) in [6, 6.07) is 19.1. The van der Waals surface area contributed by atoms with Gasteiger partial charge in [-0.2, -0.15) is 0 Å². The summed E-state index contributed by atoms with van der Waals surface area (Å²) in [5.74, 6) is -1.80. The van der Waals surface area contributed by atoms with Gasteiger partial charge in [-0.15, -0.1) is 0 Å². The van der Waals surface area contributed by atoms with Gasteiger partial charge in [0.1, 0.15) is 5.82 Å². The summed E-state index contributed by atoms with van der Waals surface area (Å²) in [6.07, 6.45) is 5.10. The predicted octanol–water partition coefficient (Wildman–Crippen LogP) is 6.14. The van der Waals surface area contributed by atoms with Crippen molar-refractivity contribution >= 4 is 40.4 Å². The number of carboxylic acid groups (broad SMARTS) is 2. The molecule has 1 aromatic heterocycles. The number of hydrogen-bond donors (Lipinski definition) is 3. The van der Waals surface area contributed by atoms with Gasteiger partial charge in [0.25, 0.3) is 5.91 Å². The number of rotatable bonds is 8. The number of aromatic nitrogens is 2. The molecule has 0 radical (unpaired) electrons. The second-order valence-corrected chi connectivity index (χ2v) is 13.3. The lowest BCUT2D eigenvalue weighted by atomic mass is 9.58. The molecular weight excluding hydrogens is 608 g/mol. The first-order chi connectivity index (χ1) is 22.8. The van der Waals surface area contributed by atoms with Gasteiger partial charge in [-0.25, -0.2) is 14.6 Å². The van der Waals surface area contributed by atoms with Gasteiger partial charge >= 0.3 is 11.9 Å². The summed E-state index contributed by atoms with van der Waals surface area (Å²) in [5, 5.41) is 21.7. The Morgan fingerprint density at radius 2 is 1.58 bits per heavy atom. The number of carboxylic acids is 2. The molecule has 10 heteroatoms. The quantitative estimate of drug-likeness (QED) is 0.195. The van der Waals surface area contributed by atoms with Crippen LogP contribution in [0.3, 0.4) is 0 Å². The van der Waals surface area contributed by atoms with E-state index in [2.05, 4.69) is 38.2 Å². The van der Waals surface area contributed by atoms with Crippen molar-refractivity contribution in [3.05, 3.63) is 107 Å². The number of carbonyl (C=O) groups is 4. The standard InChI is InChI=1S/C38H38N4O6/c1-23(43)39-18-20-42-31-14-13-26(36(47)48)21-30(31)40-33(42)27-7-5-6-8-28(27)34(44)41-19-16-32-37(2,3)29(15-17-38(32,4)22-41)24-9-11-25(12-10-24)35(45)46/h5-16,21H,17-20,22H2,1-4H3,(H,39,43)(H,45,46)(H,47,48)/t38-/m1/s1. The molecule has 2 aliphatic rings. The lowest BCUT2D eigenvalue weighted by molar-refractivity contribution is -0.119. The minimum Gasteiger partial charge on any atom is -0.478 e. The highest BCUT2D eigenvalue weighted by molar-refractivity contribution is 6.01. The zero-order valence-electron chi connectivity index (χ0n) is 27.4. The Morgan fingerprint density at radius 1 is 0.896 bits per heavy atom. The Kier molecular flexibility index (Phi) is 8.28. The number of benzene rings is 3. The molecule has 2 heterocycles. The molecule has 246 valence electrons. The van der Waals surface area contributed by atoms with Gasteiger partial charge in [0.15, 0.2) is 0 Å². The van der Waals surface area contributed by atoms with Gasteiger partial charge in [-0.05, 0) is 54.0 Å². The van der Waals surface area contributed by atoms with Crippen LogP contribution in [0.25, 0.3) is 28.0 Å². The van der Waals surface area contributed by atoms with Gasteiger partial charge in [-0.1, -0.05) is 68.8 Å². The van der Waals surface area contributed by atoms with E-state index in [1.165, 1.54) is 24.6 Å². The molecule has 1 atom stereocenters. The molecule has 48 heavy (non-hydrogen) atoms. The molecule has 0 fully saturated rings. The van der Waals surface area contributed by atoms with Crippen molar-refractivity contribution in [3.8, 4) is 11.4 Å². The third kappa shape index (κ3) is 5.78. The molecule has 1 aliphatic heterocycles. The lowest BCUT2D eigenvalue weighted by Gasteiger charge is -2.50. The second kappa shape index (κ2) is 12.3. The van der Waals surface area contributed by atoms with Crippen molar-refractivity contribution in [3.63, 3.8) is 0 Å². The van der Waals surface area contributed by atoms with E-state index in [0.29, 0.717) is 60.6 Å². The van der Waals surface area contributed by atoms with Crippen LogP contribution in [0.4, 0.5) is 0 Å². The number of nitrogens with zero attached hydrogens (tertiary/aromatic N) is 3. The van der Waals surface area contributed by atoms with E-state index >= 15 is 0 Å². The van der Waals surface area contributed by atoms with Gasteiger partial charge < -0.3 is 25.0 Å². The third-order valence-electron chi connectivity index (χ3n) is 9.64. The Labute approximate surface area is 278 Å². The fourth-order valence-electron chi connectivity index (χ4n) is 7.43. The number of amides is 2. The number of allylic oxidation sites excluding steroid dienone is 2. The first kappa shape index (κ1) is 32.4. The number of aromatic carboxylic acids is 2. The van der Waals surface area contributed by atoms with E-state index in [1.54, 1.807) is 24.3 Å². The van der Waals surface area contributed by atoms with E-state index in [0.717, 1.165) is 11.1 Å². The summed E-state index contributed by atoms with van der Waals surface area (Å²) in [7, 11) is 0. The Bertz CT molecular complexity index is 2040. The molecule has 6 rings (SSSR count). The minimum atomic E-state index is -1.06. The first-order valence-electron chi connectivity index (χ1n) is 15.9. The van der Waals surface area contributed by atoms with Gasteiger partial charge in [-0.3, -0.25) is 9.59 Å². The monoisotopic (exact) mass is 646 g/mol. The largest absolute Gasteiger partial charge is 0.478 e. The van der Waals surface area contributed by atoms with Crippen molar-refractivity contribution in [2.24, 2.45) is 10.8 Å². The fraction of sp³-hybridized carbons (Fsp3) is 0.289. The number of hydrogen-bond acceptors (Lipinski definition) is 5. The normalized spacial score (nSPS) is 18.5. The molecular formula is C38H38N4O6. The van der Waals surface area contributed by atoms with E-state index < -0.39 is 11.9 Å². The summed E-state index contributed by atoms with van der Waals surface area (Å²) in [6.45, 7) is 9.64. The summed E-state index contributed by atoms with van der Waals surface area (Å²) < 4.78 is 1.91. The highest BCUT2D eigenvalue weighted by Crippen LogP contribution is 2.55. The SMILES string of the molecule is CC(=O)NCCn1c(-c2ccccc2C(=O)N2CC=C3C(C)(C)C(c4ccc(C(=O)O)cc4)=CC[C@]3(C)C2)nc2cc(C(=O)O)ccc21. The third-order valence-corrected chi connectivity index (χ3v) is 9.64. The van der Waals surface area contributed by atoms with Crippen LogP contribution in [0, 0.1) is 10.8 Å². The number of nitrogens with one attached hydrogen (secondary N) is 1. The minimum absolute atomic E-state index is 0.110. The van der Waals surface area contributed by atoms with Crippen LogP contribution >= 0.6 is 0 Å². The van der Waals surface area contributed by atoms with Crippen molar-refractivity contribution in [2.45, 2.75) is 40.7 Å². The summed E-state index contributed by atoms with van der Waals surface area (Å²) in [4.78, 5) is 55.8. The summed E-state index contributed by atoms with van der Waals surface area (Å²) >= 11 is 0. The number of imidazole rings is 1. The van der Waals surface area contributed by atoms with Crippen LogP contribution in [0.2, 0.25) is 0 Å². The second-order valence-electron chi connectivity index (χ2n) is 13.3. The smallest absolute Gasteiger partial charge is 0.335 e. The van der Waals surface area contributed by atoms with E-state index in [-0.39, 0.29) is 33.8 Å². The highest BCUT2D eigenvalue weighted by atomic mass is 16.4. The molecule has 1 aliphatic carbocycles. The topological polar surface area (TPSA) is 142 Å². The summed E-state index contributed by atoms with van der Waals surface area (Å²) in [5.41, 5.74) is 5.37. The fourth-order valence-corrected chi connectivity index (χ4v) is 7.43. The molecule has 10 nitrogen and oxygen atoms in total. The molecule has 3 aromatic carbocycles. The van der Waals surface area contributed by atoms with Crippen LogP contribution < -0.4 is 5.32 Å². The van der Waals surface area contributed by atoms with Crippen molar-refractivity contribution < 1.29 is 29.4 Å². The maximum atomic E-state index is 14.4. The maximum Gasteiger partial charge on any atom is 0.335 e. The van der Waals surface area contributed by atoms with E-state index in [9.17, 15) is 29.4 Å². The van der Waals surface area contributed by atoms with Crippen LogP contribution in [0.15, 0.2) is 84.5 Å². The number of carbonyl (C=O) groups excluding carboxylic acids is 2. The Hall–Kier alpha value is -5.51. The average Bonchev–Trinajstić information content (AvgIpc) is 3.41. The average molecular weight is 647 g/mol. The zero-order chi connectivity index (χ0) is 34.4. The van der Waals surface area contributed by atoms with Crippen LogP contribution in [0.1, 0.15) is 70.8 Å². The zero-order valence-corrected chi connectivity index (χ0v) is 27.4. The van der Waals surface area contributed by atoms with E-state index in [4.69, 9.17) is 4.98 Å². The first-order valence-corrected chi connectivity index (χ1v) is 15.9. The van der Waals surface area contributed by atoms with Gasteiger partial charge in [0.2, 0.25) is 5.91 Å². The van der Waals surface area contributed by atoms with Crippen LogP contribution in [-0.2, 0) is 11.3 Å². The van der Waals surface area contributed by atoms with Crippen molar-refractivity contribution in [1.82, 2.24) is 19.8 Å². The van der Waals surface area contributed by atoms with Crippen molar-refractivity contribution in [2.75, 3.05) is 19.6 Å².